The van der Waals surface area contributed by atoms with Crippen LogP contribution in [0.1, 0.15) is 32.1 Å². The van der Waals surface area contributed by atoms with Crippen LogP contribution < -0.4 is 0 Å². The Morgan fingerprint density at radius 1 is 1.12 bits per heavy atom. The second-order valence-corrected chi connectivity index (χ2v) is 7.52. The molecule has 4 aliphatic rings. The first-order chi connectivity index (χ1) is 11.5. The van der Waals surface area contributed by atoms with Crippen LogP contribution in [0.15, 0.2) is 0 Å². The first-order valence-electron chi connectivity index (χ1n) is 9.04. The Morgan fingerprint density at radius 2 is 1.88 bits per heavy atom. The molecule has 3 saturated heterocycles. The molecule has 6 nitrogen and oxygen atoms in total. The molecule has 3 aliphatic heterocycles. The fourth-order valence-electron chi connectivity index (χ4n) is 4.28. The highest BCUT2D eigenvalue weighted by Gasteiger charge is 2.51. The Hall–Kier alpha value is -1.21. The highest BCUT2D eigenvalue weighted by Crippen LogP contribution is 2.41. The molecule has 134 valence electrons. The van der Waals surface area contributed by atoms with E-state index in [9.17, 15) is 14.0 Å². The summed E-state index contributed by atoms with van der Waals surface area (Å²) in [5.74, 6) is 0.00111. The van der Waals surface area contributed by atoms with Crippen molar-refractivity contribution in [2.24, 2.45) is 5.92 Å². The summed E-state index contributed by atoms with van der Waals surface area (Å²) in [4.78, 5) is 28.0. The number of hydrogen-bond donors (Lipinski definition) is 0. The summed E-state index contributed by atoms with van der Waals surface area (Å²) in [7, 11) is 0. The average Bonchev–Trinajstić information content (AvgIpc) is 3.11. The Labute approximate surface area is 141 Å². The highest BCUT2D eigenvalue weighted by molar-refractivity contribution is 5.86. The molecule has 0 aromatic carbocycles. The Bertz CT molecular complexity index is 505. The van der Waals surface area contributed by atoms with Crippen LogP contribution >= 0.6 is 0 Å². The number of ether oxygens (including phenoxy) is 2. The molecule has 1 saturated carbocycles. The SMILES string of the molecule is O=C(C[C@@H]1C[C@H]2CN(C(=O)C3(F)CCC3)C[C@H]2O1)N1CCOCC1. The van der Waals surface area contributed by atoms with Gasteiger partial charge in [-0.25, -0.2) is 4.39 Å². The lowest BCUT2D eigenvalue weighted by molar-refractivity contribution is -0.150. The summed E-state index contributed by atoms with van der Waals surface area (Å²) in [6.07, 6.45) is 2.57. The number of carbonyl (C=O) groups excluding carboxylic acids is 2. The summed E-state index contributed by atoms with van der Waals surface area (Å²) in [6.45, 7) is 3.54. The molecule has 7 heteroatoms. The summed E-state index contributed by atoms with van der Waals surface area (Å²) in [5.41, 5.74) is -1.62. The van der Waals surface area contributed by atoms with E-state index in [0.717, 1.165) is 12.8 Å². The second-order valence-electron chi connectivity index (χ2n) is 7.52. The van der Waals surface area contributed by atoms with Crippen molar-refractivity contribution in [3.05, 3.63) is 0 Å². The van der Waals surface area contributed by atoms with Crippen molar-refractivity contribution >= 4 is 11.8 Å². The standard InChI is InChI=1S/C17H25FN2O4/c18-17(2-1-3-17)16(22)20-10-12-8-13(24-14(12)11-20)9-15(21)19-4-6-23-7-5-19/h12-14H,1-11H2/t12-,13-,14+/m0/s1. The van der Waals surface area contributed by atoms with Crippen LogP contribution in [0.25, 0.3) is 0 Å². The van der Waals surface area contributed by atoms with Crippen LogP contribution in [-0.2, 0) is 19.1 Å². The third kappa shape index (κ3) is 2.92. The smallest absolute Gasteiger partial charge is 0.260 e. The van der Waals surface area contributed by atoms with Crippen molar-refractivity contribution in [1.82, 2.24) is 9.80 Å². The van der Waals surface area contributed by atoms with Gasteiger partial charge in [0.15, 0.2) is 5.67 Å². The first kappa shape index (κ1) is 16.3. The van der Waals surface area contributed by atoms with Crippen LogP contribution in [0.2, 0.25) is 0 Å². The van der Waals surface area contributed by atoms with Gasteiger partial charge in [0.2, 0.25) is 5.91 Å². The van der Waals surface area contributed by atoms with Gasteiger partial charge >= 0.3 is 0 Å². The van der Waals surface area contributed by atoms with Gasteiger partial charge in [0.25, 0.3) is 5.91 Å². The third-order valence-electron chi connectivity index (χ3n) is 5.90. The Balaban J connectivity index is 1.27. The molecule has 0 unspecified atom stereocenters. The van der Waals surface area contributed by atoms with Crippen molar-refractivity contribution in [2.75, 3.05) is 39.4 Å². The van der Waals surface area contributed by atoms with E-state index in [2.05, 4.69) is 0 Å². The molecule has 1 aliphatic carbocycles. The van der Waals surface area contributed by atoms with Gasteiger partial charge in [-0.1, -0.05) is 0 Å². The molecule has 0 bridgehead atoms. The van der Waals surface area contributed by atoms with E-state index < -0.39 is 5.67 Å². The quantitative estimate of drug-likeness (QED) is 0.760. The molecule has 0 aromatic heterocycles. The van der Waals surface area contributed by atoms with Crippen molar-refractivity contribution in [2.45, 2.75) is 50.0 Å². The van der Waals surface area contributed by atoms with Gasteiger partial charge in [0.1, 0.15) is 0 Å². The maximum atomic E-state index is 14.3. The van der Waals surface area contributed by atoms with Gasteiger partial charge < -0.3 is 19.3 Å². The molecule has 0 spiro atoms. The molecular formula is C17H25FN2O4. The van der Waals surface area contributed by atoms with Crippen LogP contribution in [0.3, 0.4) is 0 Å². The van der Waals surface area contributed by atoms with E-state index in [4.69, 9.17) is 9.47 Å². The van der Waals surface area contributed by atoms with Gasteiger partial charge in [-0.15, -0.1) is 0 Å². The van der Waals surface area contributed by atoms with Crippen molar-refractivity contribution in [3.63, 3.8) is 0 Å². The van der Waals surface area contributed by atoms with Gasteiger partial charge in [0, 0.05) is 32.1 Å². The molecule has 4 rings (SSSR count). The topological polar surface area (TPSA) is 59.1 Å². The van der Waals surface area contributed by atoms with Gasteiger partial charge in [-0.2, -0.15) is 0 Å². The van der Waals surface area contributed by atoms with E-state index in [0.29, 0.717) is 58.7 Å². The summed E-state index contributed by atoms with van der Waals surface area (Å²) in [6, 6.07) is 0. The number of likely N-dealkylation sites (tertiary alicyclic amines) is 1. The number of hydrogen-bond acceptors (Lipinski definition) is 4. The van der Waals surface area contributed by atoms with Crippen LogP contribution in [0, 0.1) is 5.92 Å². The zero-order chi connectivity index (χ0) is 16.7. The highest BCUT2D eigenvalue weighted by atomic mass is 19.1. The number of amides is 2. The number of halogens is 1. The fraction of sp³-hybridized carbons (Fsp3) is 0.882. The van der Waals surface area contributed by atoms with E-state index in [1.165, 1.54) is 0 Å². The Kier molecular flexibility index (Phi) is 4.24. The first-order valence-corrected chi connectivity index (χ1v) is 9.04. The number of rotatable bonds is 3. The predicted octanol–water partition coefficient (Wildman–Crippen LogP) is 0.743. The molecule has 0 N–H and O–H groups in total. The number of fused-ring (bicyclic) bond motifs is 1. The number of alkyl halides is 1. The van der Waals surface area contributed by atoms with Gasteiger partial charge in [-0.05, 0) is 25.7 Å². The van der Waals surface area contributed by atoms with Crippen LogP contribution in [-0.4, -0.2) is 78.9 Å². The zero-order valence-electron chi connectivity index (χ0n) is 13.9. The van der Waals surface area contributed by atoms with Gasteiger partial charge in [0.05, 0.1) is 31.8 Å². The minimum atomic E-state index is -1.62. The van der Waals surface area contributed by atoms with E-state index in [1.54, 1.807) is 4.90 Å². The molecule has 24 heavy (non-hydrogen) atoms. The lowest BCUT2D eigenvalue weighted by Crippen LogP contribution is -2.50. The summed E-state index contributed by atoms with van der Waals surface area (Å²) >= 11 is 0. The number of morpholine rings is 1. The average molecular weight is 340 g/mol. The largest absolute Gasteiger partial charge is 0.378 e. The number of carbonyl (C=O) groups is 2. The monoisotopic (exact) mass is 340 g/mol. The van der Waals surface area contributed by atoms with E-state index in [-0.39, 0.29) is 29.9 Å². The molecule has 0 aromatic rings. The normalized spacial score (nSPS) is 34.8. The molecule has 0 radical (unpaired) electrons. The molecular weight excluding hydrogens is 315 g/mol. The summed E-state index contributed by atoms with van der Waals surface area (Å²) < 4.78 is 25.5. The lowest BCUT2D eigenvalue weighted by atomic mass is 9.81. The van der Waals surface area contributed by atoms with E-state index in [1.807, 2.05) is 4.90 Å². The number of nitrogens with zero attached hydrogens (tertiary/aromatic N) is 2. The maximum absolute atomic E-state index is 14.3. The third-order valence-corrected chi connectivity index (χ3v) is 5.90. The zero-order valence-corrected chi connectivity index (χ0v) is 13.9. The fourth-order valence-corrected chi connectivity index (χ4v) is 4.28. The van der Waals surface area contributed by atoms with Crippen molar-refractivity contribution < 1.29 is 23.5 Å². The van der Waals surface area contributed by atoms with Crippen LogP contribution in [0.5, 0.6) is 0 Å². The molecule has 2 amide bonds. The second kappa shape index (κ2) is 6.26. The van der Waals surface area contributed by atoms with E-state index >= 15 is 0 Å². The Morgan fingerprint density at radius 3 is 2.50 bits per heavy atom. The lowest BCUT2D eigenvalue weighted by Gasteiger charge is -2.35. The maximum Gasteiger partial charge on any atom is 0.260 e. The summed E-state index contributed by atoms with van der Waals surface area (Å²) in [5, 5.41) is 0. The molecule has 3 heterocycles. The van der Waals surface area contributed by atoms with Gasteiger partial charge in [-0.3, -0.25) is 9.59 Å². The van der Waals surface area contributed by atoms with Crippen molar-refractivity contribution in [1.29, 1.82) is 0 Å². The van der Waals surface area contributed by atoms with Crippen molar-refractivity contribution in [3.8, 4) is 0 Å². The molecule has 4 fully saturated rings. The minimum Gasteiger partial charge on any atom is -0.378 e. The molecule has 3 atom stereocenters. The van der Waals surface area contributed by atoms with Crippen LogP contribution in [0.4, 0.5) is 4.39 Å². The minimum absolute atomic E-state index is 0.0416. The predicted molar refractivity (Wildman–Crippen MR) is 83.1 cm³/mol.